The van der Waals surface area contributed by atoms with Crippen LogP contribution in [0.4, 0.5) is 13.2 Å². The molecule has 0 heterocycles. The molecule has 0 bridgehead atoms. The summed E-state index contributed by atoms with van der Waals surface area (Å²) in [5.41, 5.74) is -5.54. The first kappa shape index (κ1) is 14.8. The Morgan fingerprint density at radius 3 is 1.78 bits per heavy atom. The SMILES string of the molecule is CS(=O)(=O)c1ccc(OS(=O)(=O)C(F)(F)F)cc1. The molecule has 1 aromatic carbocycles. The van der Waals surface area contributed by atoms with Gasteiger partial charge in [-0.1, -0.05) is 0 Å². The van der Waals surface area contributed by atoms with Crippen LogP contribution in [0.1, 0.15) is 0 Å². The molecule has 10 heteroatoms. The van der Waals surface area contributed by atoms with Crippen LogP contribution in [0.5, 0.6) is 5.75 Å². The Labute approximate surface area is 101 Å². The third-order valence-corrected chi connectivity index (χ3v) is 3.85. The van der Waals surface area contributed by atoms with Gasteiger partial charge in [0.2, 0.25) is 0 Å². The van der Waals surface area contributed by atoms with Crippen molar-refractivity contribution in [2.45, 2.75) is 10.4 Å². The first-order chi connectivity index (χ1) is 7.93. The molecule has 0 aliphatic rings. The molecular formula is C8H7F3O5S2. The van der Waals surface area contributed by atoms with Crippen LogP contribution >= 0.6 is 0 Å². The summed E-state index contributed by atoms with van der Waals surface area (Å²) in [6, 6.07) is 3.52. The van der Waals surface area contributed by atoms with E-state index in [4.69, 9.17) is 0 Å². The maximum atomic E-state index is 12.0. The lowest BCUT2D eigenvalue weighted by atomic mass is 10.3. The average Bonchev–Trinajstić information content (AvgIpc) is 2.14. The van der Waals surface area contributed by atoms with E-state index in [1.165, 1.54) is 0 Å². The zero-order chi connectivity index (χ0) is 14.2. The van der Waals surface area contributed by atoms with Crippen molar-refractivity contribution < 1.29 is 34.2 Å². The van der Waals surface area contributed by atoms with Crippen molar-refractivity contribution in [3.8, 4) is 5.75 Å². The molecule has 1 rings (SSSR count). The van der Waals surface area contributed by atoms with E-state index in [0.29, 0.717) is 0 Å². The number of halogens is 3. The third kappa shape index (κ3) is 3.35. The van der Waals surface area contributed by atoms with Gasteiger partial charge in [0.25, 0.3) is 0 Å². The molecule has 0 aliphatic carbocycles. The lowest BCUT2D eigenvalue weighted by Crippen LogP contribution is -2.28. The van der Waals surface area contributed by atoms with Crippen molar-refractivity contribution in [3.63, 3.8) is 0 Å². The summed E-state index contributed by atoms with van der Waals surface area (Å²) in [4.78, 5) is -0.167. The van der Waals surface area contributed by atoms with Crippen LogP contribution in [0.2, 0.25) is 0 Å². The molecule has 18 heavy (non-hydrogen) atoms. The van der Waals surface area contributed by atoms with Gasteiger partial charge in [-0.3, -0.25) is 0 Å². The zero-order valence-electron chi connectivity index (χ0n) is 8.80. The molecular weight excluding hydrogens is 297 g/mol. The molecule has 0 radical (unpaired) electrons. The van der Waals surface area contributed by atoms with E-state index in [-0.39, 0.29) is 4.90 Å². The highest BCUT2D eigenvalue weighted by molar-refractivity contribution is 7.90. The molecule has 0 aliphatic heterocycles. The molecule has 0 aromatic heterocycles. The van der Waals surface area contributed by atoms with Crippen LogP contribution < -0.4 is 4.18 Å². The summed E-state index contributed by atoms with van der Waals surface area (Å²) in [7, 11) is -9.27. The van der Waals surface area contributed by atoms with Crippen molar-refractivity contribution >= 4 is 20.0 Å². The van der Waals surface area contributed by atoms with Crippen molar-refractivity contribution in [2.24, 2.45) is 0 Å². The Kier molecular flexibility index (Phi) is 3.63. The van der Waals surface area contributed by atoms with Crippen LogP contribution in [0.3, 0.4) is 0 Å². The molecule has 102 valence electrons. The first-order valence-electron chi connectivity index (χ1n) is 4.24. The van der Waals surface area contributed by atoms with Gasteiger partial charge in [-0.2, -0.15) is 21.6 Å². The zero-order valence-corrected chi connectivity index (χ0v) is 10.4. The van der Waals surface area contributed by atoms with Crippen LogP contribution in [-0.4, -0.2) is 28.6 Å². The lowest BCUT2D eigenvalue weighted by Gasteiger charge is -2.09. The van der Waals surface area contributed by atoms with Crippen LogP contribution in [0.15, 0.2) is 29.2 Å². The second kappa shape index (κ2) is 4.43. The Balaban J connectivity index is 3.03. The molecule has 1 aromatic rings. The van der Waals surface area contributed by atoms with Gasteiger partial charge >= 0.3 is 15.6 Å². The lowest BCUT2D eigenvalue weighted by molar-refractivity contribution is -0.0500. The van der Waals surface area contributed by atoms with E-state index < -0.39 is 31.2 Å². The molecule has 5 nitrogen and oxygen atoms in total. The number of rotatable bonds is 3. The smallest absolute Gasteiger partial charge is 0.376 e. The number of benzene rings is 1. The van der Waals surface area contributed by atoms with Crippen molar-refractivity contribution in [1.29, 1.82) is 0 Å². The highest BCUT2D eigenvalue weighted by atomic mass is 32.2. The van der Waals surface area contributed by atoms with Crippen molar-refractivity contribution in [3.05, 3.63) is 24.3 Å². The highest BCUT2D eigenvalue weighted by Gasteiger charge is 2.48. The van der Waals surface area contributed by atoms with E-state index >= 15 is 0 Å². The predicted molar refractivity (Wildman–Crippen MR) is 55.2 cm³/mol. The molecule has 0 spiro atoms. The maximum Gasteiger partial charge on any atom is 0.534 e. The van der Waals surface area contributed by atoms with Gasteiger partial charge in [0, 0.05) is 6.26 Å². The van der Waals surface area contributed by atoms with E-state index in [1.54, 1.807) is 0 Å². The van der Waals surface area contributed by atoms with E-state index in [9.17, 15) is 30.0 Å². The number of hydrogen-bond acceptors (Lipinski definition) is 5. The van der Waals surface area contributed by atoms with Crippen molar-refractivity contribution in [1.82, 2.24) is 0 Å². The normalized spacial score (nSPS) is 13.3. The fraction of sp³-hybridized carbons (Fsp3) is 0.250. The topological polar surface area (TPSA) is 77.5 Å². The average molecular weight is 304 g/mol. The largest absolute Gasteiger partial charge is 0.534 e. The fourth-order valence-electron chi connectivity index (χ4n) is 0.916. The Bertz CT molecular complexity index is 628. The van der Waals surface area contributed by atoms with E-state index in [2.05, 4.69) is 4.18 Å². The minimum atomic E-state index is -5.75. The predicted octanol–water partition coefficient (Wildman–Crippen LogP) is 1.32. The third-order valence-electron chi connectivity index (χ3n) is 1.74. The summed E-state index contributed by atoms with van der Waals surface area (Å²) >= 11 is 0. The van der Waals surface area contributed by atoms with Gasteiger partial charge in [-0.05, 0) is 24.3 Å². The molecule has 0 saturated heterocycles. The van der Waals surface area contributed by atoms with Crippen LogP contribution in [0, 0.1) is 0 Å². The summed E-state index contributed by atoms with van der Waals surface area (Å²) in [5.74, 6) is -0.625. The fourth-order valence-corrected chi connectivity index (χ4v) is 2.01. The summed E-state index contributed by atoms with van der Waals surface area (Å²) < 4.78 is 83.1. The molecule has 0 unspecified atom stereocenters. The first-order valence-corrected chi connectivity index (χ1v) is 7.54. The second-order valence-electron chi connectivity index (χ2n) is 3.23. The number of alkyl halides is 3. The van der Waals surface area contributed by atoms with Crippen LogP contribution in [0.25, 0.3) is 0 Å². The van der Waals surface area contributed by atoms with E-state index in [0.717, 1.165) is 30.5 Å². The van der Waals surface area contributed by atoms with Gasteiger partial charge < -0.3 is 4.18 Å². The number of hydrogen-bond donors (Lipinski definition) is 0. The van der Waals surface area contributed by atoms with Gasteiger partial charge in [-0.25, -0.2) is 8.42 Å². The van der Waals surface area contributed by atoms with Gasteiger partial charge in [-0.15, -0.1) is 0 Å². The minimum absolute atomic E-state index is 0.167. The van der Waals surface area contributed by atoms with Crippen molar-refractivity contribution in [2.75, 3.05) is 6.26 Å². The summed E-state index contributed by atoms with van der Waals surface area (Å²) in [6.45, 7) is 0. The Morgan fingerprint density at radius 2 is 1.44 bits per heavy atom. The van der Waals surface area contributed by atoms with Gasteiger partial charge in [0.15, 0.2) is 9.84 Å². The highest BCUT2D eigenvalue weighted by Crippen LogP contribution is 2.27. The minimum Gasteiger partial charge on any atom is -0.376 e. The Morgan fingerprint density at radius 1 is 1.00 bits per heavy atom. The molecule has 0 atom stereocenters. The van der Waals surface area contributed by atoms with Gasteiger partial charge in [0.1, 0.15) is 5.75 Å². The molecule has 0 fully saturated rings. The van der Waals surface area contributed by atoms with Crippen LogP contribution in [-0.2, 0) is 20.0 Å². The van der Waals surface area contributed by atoms with E-state index in [1.807, 2.05) is 0 Å². The quantitative estimate of drug-likeness (QED) is 0.621. The number of sulfone groups is 1. The standard InChI is InChI=1S/C8H7F3O5S2/c1-17(12,13)7-4-2-6(3-5-7)16-18(14,15)8(9,10)11/h2-5H,1H3. The second-order valence-corrected chi connectivity index (χ2v) is 6.78. The molecule has 0 saturated carbocycles. The summed E-state index contributed by atoms with van der Waals surface area (Å²) in [6.07, 6.45) is 0.898. The monoisotopic (exact) mass is 304 g/mol. The summed E-state index contributed by atoms with van der Waals surface area (Å²) in [5, 5.41) is 0. The molecule has 0 amide bonds. The van der Waals surface area contributed by atoms with Gasteiger partial charge in [0.05, 0.1) is 4.90 Å². The maximum absolute atomic E-state index is 12.0. The Hall–Kier alpha value is -1.29. The molecule has 0 N–H and O–H groups in total.